The molecule has 25 heavy (non-hydrogen) atoms. The van der Waals surface area contributed by atoms with Crippen LogP contribution in [0.4, 0.5) is 0 Å². The summed E-state index contributed by atoms with van der Waals surface area (Å²) < 4.78 is 5.93. The molecule has 1 aliphatic rings. The Morgan fingerprint density at radius 3 is 2.44 bits per heavy atom. The SMILES string of the molecule is CCC[C@@H](C(=O)O[C@@H]1C[C@H](C)CC[C@@H]1C(C)C)C(=O)c1ccccc1. The van der Waals surface area contributed by atoms with E-state index in [1.165, 1.54) is 6.42 Å². The third-order valence-electron chi connectivity index (χ3n) is 5.47. The minimum atomic E-state index is -0.683. The molecule has 0 N–H and O–H groups in total. The maximum atomic E-state index is 12.8. The van der Waals surface area contributed by atoms with E-state index in [1.807, 2.05) is 25.1 Å². The number of ketones is 1. The molecule has 4 atom stereocenters. The first-order valence-electron chi connectivity index (χ1n) is 9.73. The van der Waals surface area contributed by atoms with Gasteiger partial charge in [-0.05, 0) is 37.0 Å². The maximum Gasteiger partial charge on any atom is 0.317 e. The number of hydrogen-bond donors (Lipinski definition) is 0. The molecule has 1 aliphatic carbocycles. The summed E-state index contributed by atoms with van der Waals surface area (Å²) >= 11 is 0. The van der Waals surface area contributed by atoms with E-state index in [0.29, 0.717) is 29.7 Å². The van der Waals surface area contributed by atoms with E-state index in [9.17, 15) is 9.59 Å². The summed E-state index contributed by atoms with van der Waals surface area (Å²) in [4.78, 5) is 25.6. The van der Waals surface area contributed by atoms with E-state index in [0.717, 1.165) is 19.3 Å². The van der Waals surface area contributed by atoms with Gasteiger partial charge in [-0.1, -0.05) is 70.9 Å². The number of benzene rings is 1. The summed E-state index contributed by atoms with van der Waals surface area (Å²) in [5.41, 5.74) is 0.593. The molecule has 2 rings (SSSR count). The largest absolute Gasteiger partial charge is 0.462 e. The van der Waals surface area contributed by atoms with E-state index >= 15 is 0 Å². The van der Waals surface area contributed by atoms with Gasteiger partial charge in [0.25, 0.3) is 0 Å². The van der Waals surface area contributed by atoms with Gasteiger partial charge < -0.3 is 4.74 Å². The van der Waals surface area contributed by atoms with Crippen molar-refractivity contribution >= 4 is 11.8 Å². The first-order valence-corrected chi connectivity index (χ1v) is 9.73. The zero-order chi connectivity index (χ0) is 18.4. The zero-order valence-corrected chi connectivity index (χ0v) is 16.0. The lowest BCUT2D eigenvalue weighted by Crippen LogP contribution is -2.38. The molecule has 1 fully saturated rings. The van der Waals surface area contributed by atoms with Crippen molar-refractivity contribution in [2.45, 2.75) is 65.9 Å². The van der Waals surface area contributed by atoms with Crippen LogP contribution in [-0.4, -0.2) is 17.9 Å². The minimum Gasteiger partial charge on any atom is -0.462 e. The fourth-order valence-corrected chi connectivity index (χ4v) is 3.93. The average molecular weight is 344 g/mol. The van der Waals surface area contributed by atoms with Crippen molar-refractivity contribution in [2.24, 2.45) is 23.7 Å². The minimum absolute atomic E-state index is 0.0563. The molecule has 1 saturated carbocycles. The van der Waals surface area contributed by atoms with Gasteiger partial charge in [0, 0.05) is 5.56 Å². The Labute approximate surface area is 152 Å². The van der Waals surface area contributed by atoms with Crippen molar-refractivity contribution in [2.75, 3.05) is 0 Å². The Morgan fingerprint density at radius 1 is 1.16 bits per heavy atom. The van der Waals surface area contributed by atoms with Gasteiger partial charge in [0.05, 0.1) is 0 Å². The van der Waals surface area contributed by atoms with Gasteiger partial charge >= 0.3 is 5.97 Å². The lowest BCUT2D eigenvalue weighted by atomic mass is 9.75. The molecule has 0 saturated heterocycles. The van der Waals surface area contributed by atoms with Gasteiger partial charge in [0.1, 0.15) is 12.0 Å². The van der Waals surface area contributed by atoms with Gasteiger partial charge in [-0.3, -0.25) is 9.59 Å². The van der Waals surface area contributed by atoms with Gasteiger partial charge in [0.15, 0.2) is 5.78 Å². The highest BCUT2D eigenvalue weighted by atomic mass is 16.5. The molecule has 0 radical (unpaired) electrons. The number of Topliss-reactive ketones (excluding diaryl/α,β-unsaturated/α-hetero) is 1. The molecule has 1 aromatic carbocycles. The fraction of sp³-hybridized carbons (Fsp3) is 0.636. The van der Waals surface area contributed by atoms with Gasteiger partial charge in [-0.2, -0.15) is 0 Å². The second-order valence-electron chi connectivity index (χ2n) is 7.87. The van der Waals surface area contributed by atoms with E-state index < -0.39 is 5.92 Å². The lowest BCUT2D eigenvalue weighted by Gasteiger charge is -2.37. The van der Waals surface area contributed by atoms with E-state index in [4.69, 9.17) is 4.74 Å². The standard InChI is InChI=1S/C22H32O3/c1-5-9-19(21(23)17-10-7-6-8-11-17)22(24)25-20-14-16(4)12-13-18(20)15(2)3/h6-8,10-11,15-16,18-20H,5,9,12-14H2,1-4H3/t16-,18-,19-,20-/m1/s1. The van der Waals surface area contributed by atoms with E-state index in [-0.39, 0.29) is 17.9 Å². The second kappa shape index (κ2) is 9.17. The van der Waals surface area contributed by atoms with Crippen molar-refractivity contribution in [3.8, 4) is 0 Å². The van der Waals surface area contributed by atoms with Crippen LogP contribution in [0, 0.1) is 23.7 Å². The molecule has 138 valence electrons. The molecule has 0 bridgehead atoms. The smallest absolute Gasteiger partial charge is 0.317 e. The Hall–Kier alpha value is -1.64. The summed E-state index contributed by atoms with van der Waals surface area (Å²) in [5, 5.41) is 0. The third-order valence-corrected chi connectivity index (χ3v) is 5.47. The number of carbonyl (C=O) groups excluding carboxylic acids is 2. The third kappa shape index (κ3) is 5.17. The fourth-order valence-electron chi connectivity index (χ4n) is 3.93. The van der Waals surface area contributed by atoms with Crippen LogP contribution in [0.2, 0.25) is 0 Å². The summed E-state index contributed by atoms with van der Waals surface area (Å²) in [6, 6.07) is 9.09. The highest BCUT2D eigenvalue weighted by Crippen LogP contribution is 2.36. The molecular formula is C22H32O3. The average Bonchev–Trinajstić information content (AvgIpc) is 2.59. The first kappa shape index (κ1) is 19.7. The molecule has 0 amide bonds. The quantitative estimate of drug-likeness (QED) is 0.383. The molecule has 3 heteroatoms. The Bertz CT molecular complexity index is 564. The highest BCUT2D eigenvalue weighted by molar-refractivity contribution is 6.08. The predicted octanol–water partition coefficient (Wildman–Crippen LogP) is 5.29. The van der Waals surface area contributed by atoms with Crippen molar-refractivity contribution < 1.29 is 14.3 Å². The number of ether oxygens (including phenoxy) is 1. The number of esters is 1. The Morgan fingerprint density at radius 2 is 1.84 bits per heavy atom. The van der Waals surface area contributed by atoms with Gasteiger partial charge in [-0.15, -0.1) is 0 Å². The van der Waals surface area contributed by atoms with Crippen LogP contribution >= 0.6 is 0 Å². The molecule has 0 unspecified atom stereocenters. The molecule has 1 aromatic rings. The topological polar surface area (TPSA) is 43.4 Å². The van der Waals surface area contributed by atoms with Crippen LogP contribution in [0.15, 0.2) is 30.3 Å². The van der Waals surface area contributed by atoms with Gasteiger partial charge in [-0.25, -0.2) is 0 Å². The normalized spacial score (nSPS) is 24.8. The van der Waals surface area contributed by atoms with E-state index in [1.54, 1.807) is 12.1 Å². The van der Waals surface area contributed by atoms with Crippen molar-refractivity contribution in [1.82, 2.24) is 0 Å². The van der Waals surface area contributed by atoms with Crippen LogP contribution in [0.5, 0.6) is 0 Å². The highest BCUT2D eigenvalue weighted by Gasteiger charge is 2.36. The monoisotopic (exact) mass is 344 g/mol. The summed E-state index contributed by atoms with van der Waals surface area (Å²) in [7, 11) is 0. The summed E-state index contributed by atoms with van der Waals surface area (Å²) in [6.07, 6.45) is 4.47. The van der Waals surface area contributed by atoms with Crippen molar-refractivity contribution in [3.05, 3.63) is 35.9 Å². The molecule has 0 spiro atoms. The molecule has 0 aromatic heterocycles. The molecular weight excluding hydrogens is 312 g/mol. The van der Waals surface area contributed by atoms with Crippen molar-refractivity contribution in [1.29, 1.82) is 0 Å². The zero-order valence-electron chi connectivity index (χ0n) is 16.0. The number of rotatable bonds is 7. The van der Waals surface area contributed by atoms with Crippen LogP contribution in [-0.2, 0) is 9.53 Å². The Balaban J connectivity index is 2.12. The summed E-state index contributed by atoms with van der Waals surface area (Å²) in [5.74, 6) is 0.326. The maximum absolute atomic E-state index is 12.8. The second-order valence-corrected chi connectivity index (χ2v) is 7.87. The summed E-state index contributed by atoms with van der Waals surface area (Å²) in [6.45, 7) is 8.61. The first-order chi connectivity index (χ1) is 11.9. The van der Waals surface area contributed by atoms with Crippen LogP contribution in [0.3, 0.4) is 0 Å². The lowest BCUT2D eigenvalue weighted by molar-refractivity contribution is -0.159. The van der Waals surface area contributed by atoms with Crippen LogP contribution in [0.25, 0.3) is 0 Å². The van der Waals surface area contributed by atoms with Gasteiger partial charge in [0.2, 0.25) is 0 Å². The predicted molar refractivity (Wildman–Crippen MR) is 100 cm³/mol. The number of carbonyl (C=O) groups is 2. The Kier molecular flexibility index (Phi) is 7.22. The molecule has 0 aliphatic heterocycles. The van der Waals surface area contributed by atoms with Crippen molar-refractivity contribution in [3.63, 3.8) is 0 Å². The number of hydrogen-bond acceptors (Lipinski definition) is 3. The van der Waals surface area contributed by atoms with E-state index in [2.05, 4.69) is 20.8 Å². The van der Waals surface area contributed by atoms with Crippen LogP contribution < -0.4 is 0 Å². The molecule has 0 heterocycles. The molecule has 3 nitrogen and oxygen atoms in total. The van der Waals surface area contributed by atoms with Crippen LogP contribution in [0.1, 0.15) is 70.2 Å².